The van der Waals surface area contributed by atoms with Gasteiger partial charge in [0, 0.05) is 31.3 Å². The minimum absolute atomic E-state index is 0.310. The molecule has 3 heterocycles. The lowest BCUT2D eigenvalue weighted by atomic mass is 9.91. The van der Waals surface area contributed by atoms with Gasteiger partial charge in [0.2, 0.25) is 0 Å². The van der Waals surface area contributed by atoms with Gasteiger partial charge in [-0.05, 0) is 31.5 Å². The van der Waals surface area contributed by atoms with Gasteiger partial charge >= 0.3 is 6.03 Å². The summed E-state index contributed by atoms with van der Waals surface area (Å²) in [6, 6.07) is 6.61. The van der Waals surface area contributed by atoms with Gasteiger partial charge in [-0.3, -0.25) is 10.2 Å². The lowest BCUT2D eigenvalue weighted by Crippen LogP contribution is -2.42. The Kier molecular flexibility index (Phi) is 5.18. The second kappa shape index (κ2) is 7.40. The highest BCUT2D eigenvalue weighted by molar-refractivity contribution is 5.88. The molecule has 2 amide bonds. The molecule has 1 unspecified atom stereocenters. The van der Waals surface area contributed by atoms with Crippen LogP contribution in [0.3, 0.4) is 0 Å². The smallest absolute Gasteiger partial charge is 0.325 e. The van der Waals surface area contributed by atoms with Gasteiger partial charge in [-0.25, -0.2) is 14.8 Å². The molecule has 1 fully saturated rings. The van der Waals surface area contributed by atoms with E-state index in [1.54, 1.807) is 44.4 Å². The van der Waals surface area contributed by atoms with Gasteiger partial charge in [-0.2, -0.15) is 0 Å². The van der Waals surface area contributed by atoms with Crippen molar-refractivity contribution in [1.29, 1.82) is 0 Å². The number of nitrogens with one attached hydrogen (secondary N) is 2. The molecule has 1 aliphatic rings. The van der Waals surface area contributed by atoms with Gasteiger partial charge in [0.05, 0.1) is 5.69 Å². The van der Waals surface area contributed by atoms with Crippen LogP contribution >= 0.6 is 0 Å². The molecule has 144 valence electrons. The van der Waals surface area contributed by atoms with Gasteiger partial charge in [0.1, 0.15) is 29.4 Å². The average molecular weight is 371 g/mol. The lowest BCUT2D eigenvalue weighted by Gasteiger charge is -2.27. The van der Waals surface area contributed by atoms with Gasteiger partial charge in [-0.15, -0.1) is 0 Å². The maximum Gasteiger partial charge on any atom is 0.325 e. The van der Waals surface area contributed by atoms with Crippen molar-refractivity contribution in [2.45, 2.75) is 33.4 Å². The predicted octanol–water partition coefficient (Wildman–Crippen LogP) is 3.20. The van der Waals surface area contributed by atoms with E-state index in [9.17, 15) is 9.90 Å². The number of pyridine rings is 2. The Labute approximate surface area is 158 Å². The first-order chi connectivity index (χ1) is 12.8. The van der Waals surface area contributed by atoms with Gasteiger partial charge in [0.15, 0.2) is 0 Å². The summed E-state index contributed by atoms with van der Waals surface area (Å²) in [5, 5.41) is 16.0. The number of likely N-dealkylation sites (tertiary alicyclic amines) is 1. The molecule has 3 N–H and O–H groups in total. The highest BCUT2D eigenvalue weighted by atomic mass is 16.5. The van der Waals surface area contributed by atoms with E-state index in [0.29, 0.717) is 35.4 Å². The quantitative estimate of drug-likeness (QED) is 0.763. The number of amides is 2. The Morgan fingerprint density at radius 2 is 2.11 bits per heavy atom. The third-order valence-electron chi connectivity index (χ3n) is 4.74. The maximum absolute atomic E-state index is 12.4. The molecule has 0 saturated carbocycles. The number of aliphatic hydroxyl groups is 1. The number of anilines is 2. The Bertz CT molecular complexity index is 840. The molecule has 0 aliphatic carbocycles. The minimum Gasteiger partial charge on any atom is -0.455 e. The lowest BCUT2D eigenvalue weighted by molar-refractivity contribution is -0.00117. The van der Waals surface area contributed by atoms with Crippen LogP contribution in [-0.4, -0.2) is 45.8 Å². The van der Waals surface area contributed by atoms with Gasteiger partial charge in [0.25, 0.3) is 0 Å². The van der Waals surface area contributed by atoms with Crippen LogP contribution in [0.2, 0.25) is 0 Å². The molecule has 1 aliphatic heterocycles. The molecular formula is C19H25N5O3. The number of carbonyl (C=O) groups excluding carboxylic acids is 1. The van der Waals surface area contributed by atoms with Crippen molar-refractivity contribution in [2.24, 2.45) is 5.41 Å². The van der Waals surface area contributed by atoms with Crippen LogP contribution in [0.5, 0.6) is 11.5 Å². The normalized spacial score (nSPS) is 18.3. The second-order valence-corrected chi connectivity index (χ2v) is 7.24. The topological polar surface area (TPSA) is 99.6 Å². The van der Waals surface area contributed by atoms with E-state index in [1.165, 1.54) is 4.90 Å². The maximum atomic E-state index is 12.4. The zero-order chi connectivity index (χ0) is 19.6. The molecule has 0 spiro atoms. The van der Waals surface area contributed by atoms with Crippen LogP contribution < -0.4 is 15.4 Å². The summed E-state index contributed by atoms with van der Waals surface area (Å²) in [5.41, 5.74) is 0.327. The van der Waals surface area contributed by atoms with E-state index in [0.717, 1.165) is 6.42 Å². The Balaban J connectivity index is 1.68. The number of aryl methyl sites for hydroxylation is 1. The number of nitrogens with zero attached hydrogens (tertiary/aromatic N) is 3. The molecule has 8 heteroatoms. The van der Waals surface area contributed by atoms with Crippen molar-refractivity contribution < 1.29 is 14.6 Å². The van der Waals surface area contributed by atoms with Gasteiger partial charge < -0.3 is 15.2 Å². The number of ether oxygens (including phenoxy) is 1. The highest BCUT2D eigenvalue weighted by Gasteiger charge is 2.41. The van der Waals surface area contributed by atoms with Crippen LogP contribution in [0.15, 0.2) is 30.5 Å². The Hall–Kier alpha value is -2.87. The number of hydrogen-bond acceptors (Lipinski definition) is 6. The zero-order valence-electron chi connectivity index (χ0n) is 16.0. The monoisotopic (exact) mass is 371 g/mol. The fourth-order valence-electron chi connectivity index (χ4n) is 2.94. The van der Waals surface area contributed by atoms with Crippen molar-refractivity contribution in [3.05, 3.63) is 36.2 Å². The molecule has 1 saturated heterocycles. The third-order valence-corrected chi connectivity index (χ3v) is 4.74. The summed E-state index contributed by atoms with van der Waals surface area (Å²) < 4.78 is 5.85. The van der Waals surface area contributed by atoms with Crippen LogP contribution in [0, 0.1) is 12.3 Å². The Morgan fingerprint density at radius 1 is 1.33 bits per heavy atom. The van der Waals surface area contributed by atoms with Crippen molar-refractivity contribution in [1.82, 2.24) is 14.9 Å². The fourth-order valence-corrected chi connectivity index (χ4v) is 2.94. The zero-order valence-corrected chi connectivity index (χ0v) is 16.0. The van der Waals surface area contributed by atoms with Crippen molar-refractivity contribution in [2.75, 3.05) is 24.2 Å². The van der Waals surface area contributed by atoms with E-state index in [2.05, 4.69) is 20.6 Å². The summed E-state index contributed by atoms with van der Waals surface area (Å²) >= 11 is 0. The third kappa shape index (κ3) is 4.11. The number of aliphatic hydroxyl groups excluding tert-OH is 1. The van der Waals surface area contributed by atoms with Crippen LogP contribution in [0.25, 0.3) is 0 Å². The molecule has 3 rings (SSSR count). The van der Waals surface area contributed by atoms with E-state index < -0.39 is 6.23 Å². The fraction of sp³-hybridized carbons (Fsp3) is 0.421. The molecule has 2 aromatic rings. The van der Waals surface area contributed by atoms with Crippen LogP contribution in [0.1, 0.15) is 26.0 Å². The van der Waals surface area contributed by atoms with E-state index in [1.807, 2.05) is 13.8 Å². The number of hydrogen-bond donors (Lipinski definition) is 3. The van der Waals surface area contributed by atoms with Crippen molar-refractivity contribution in [3.8, 4) is 11.5 Å². The summed E-state index contributed by atoms with van der Waals surface area (Å²) in [4.78, 5) is 22.4. The predicted molar refractivity (Wildman–Crippen MR) is 103 cm³/mol. The van der Waals surface area contributed by atoms with Crippen LogP contribution in [0.4, 0.5) is 16.4 Å². The van der Waals surface area contributed by atoms with Crippen LogP contribution in [-0.2, 0) is 0 Å². The summed E-state index contributed by atoms with van der Waals surface area (Å²) in [5.74, 6) is 2.34. The molecule has 8 nitrogen and oxygen atoms in total. The number of rotatable bonds is 4. The number of urea groups is 1. The van der Waals surface area contributed by atoms with Crippen molar-refractivity contribution >= 4 is 17.7 Å². The Morgan fingerprint density at radius 3 is 2.74 bits per heavy atom. The minimum atomic E-state index is -0.811. The average Bonchev–Trinajstić information content (AvgIpc) is 2.91. The SMILES string of the molecule is CNc1cc(Oc2ccc(NC(=O)N3CCC(C)(C)C3O)nc2C)ccn1. The van der Waals surface area contributed by atoms with E-state index in [-0.39, 0.29) is 11.4 Å². The van der Waals surface area contributed by atoms with Crippen molar-refractivity contribution in [3.63, 3.8) is 0 Å². The molecule has 27 heavy (non-hydrogen) atoms. The molecule has 1 atom stereocenters. The molecule has 0 bridgehead atoms. The van der Waals surface area contributed by atoms with Gasteiger partial charge in [-0.1, -0.05) is 13.8 Å². The number of carbonyl (C=O) groups is 1. The summed E-state index contributed by atoms with van der Waals surface area (Å²) in [6.07, 6.45) is 1.59. The first-order valence-electron chi connectivity index (χ1n) is 8.85. The summed E-state index contributed by atoms with van der Waals surface area (Å²) in [6.45, 7) is 6.20. The van der Waals surface area contributed by atoms with E-state index >= 15 is 0 Å². The molecule has 0 radical (unpaired) electrons. The number of aromatic nitrogens is 2. The first-order valence-corrected chi connectivity index (χ1v) is 8.85. The molecule has 0 aromatic carbocycles. The summed E-state index contributed by atoms with van der Waals surface area (Å²) in [7, 11) is 1.79. The van der Waals surface area contributed by atoms with E-state index in [4.69, 9.17) is 4.74 Å². The first kappa shape index (κ1) is 18.9. The highest BCUT2D eigenvalue weighted by Crippen LogP contribution is 2.34. The molecular weight excluding hydrogens is 346 g/mol. The standard InChI is InChI=1S/C19H25N5O3/c1-12-14(27-13-7-9-21-16(11-13)20-4)5-6-15(22-12)23-18(26)24-10-8-19(2,3)17(24)25/h5-7,9,11,17,25H,8,10H2,1-4H3,(H,20,21)(H,22,23,26). The second-order valence-electron chi connectivity index (χ2n) is 7.24. The molecule has 2 aromatic heterocycles. The largest absolute Gasteiger partial charge is 0.455 e.